The Morgan fingerprint density at radius 3 is 2.56 bits per heavy atom. The van der Waals surface area contributed by atoms with E-state index in [2.05, 4.69) is 6.07 Å². The molecule has 4 aromatic rings. The van der Waals surface area contributed by atoms with E-state index in [0.717, 1.165) is 28.5 Å². The molecule has 0 spiro atoms. The van der Waals surface area contributed by atoms with E-state index in [-0.39, 0.29) is 19.1 Å². The van der Waals surface area contributed by atoms with Crippen LogP contribution in [0.15, 0.2) is 82.0 Å². The number of amides is 1. The van der Waals surface area contributed by atoms with E-state index in [0.29, 0.717) is 30.0 Å². The van der Waals surface area contributed by atoms with Gasteiger partial charge in [-0.3, -0.25) is 4.79 Å². The second-order valence-electron chi connectivity index (χ2n) is 8.80. The van der Waals surface area contributed by atoms with Gasteiger partial charge in [-0.05, 0) is 59.9 Å². The van der Waals surface area contributed by atoms with Gasteiger partial charge in [0.25, 0.3) is 5.91 Å². The predicted molar refractivity (Wildman–Crippen MR) is 134 cm³/mol. The van der Waals surface area contributed by atoms with Gasteiger partial charge in [0.1, 0.15) is 17.9 Å². The number of carbonyl (C=O) groups excluding carboxylic acids is 2. The lowest BCUT2D eigenvalue weighted by Gasteiger charge is -2.28. The van der Waals surface area contributed by atoms with Crippen molar-refractivity contribution < 1.29 is 23.5 Å². The molecule has 0 fully saturated rings. The highest BCUT2D eigenvalue weighted by Crippen LogP contribution is 2.23. The Hall–Kier alpha value is -4.39. The Morgan fingerprint density at radius 1 is 0.972 bits per heavy atom. The minimum Gasteiger partial charge on any atom is -0.489 e. The van der Waals surface area contributed by atoms with Crippen molar-refractivity contribution in [2.75, 3.05) is 13.2 Å². The summed E-state index contributed by atoms with van der Waals surface area (Å²) in [6, 6.07) is 21.7. The number of rotatable bonds is 6. The van der Waals surface area contributed by atoms with Gasteiger partial charge in [0.15, 0.2) is 6.61 Å². The van der Waals surface area contributed by atoms with Crippen LogP contribution in [0.4, 0.5) is 0 Å². The average molecular weight is 484 g/mol. The third-order valence-corrected chi connectivity index (χ3v) is 6.33. The summed E-state index contributed by atoms with van der Waals surface area (Å²) in [6.07, 6.45) is 0.798. The minimum absolute atomic E-state index is 0.204. The van der Waals surface area contributed by atoms with Crippen LogP contribution in [-0.4, -0.2) is 29.9 Å². The summed E-state index contributed by atoms with van der Waals surface area (Å²) in [5, 5.41) is 0.855. The lowest BCUT2D eigenvalue weighted by atomic mass is 10.00. The summed E-state index contributed by atoms with van der Waals surface area (Å²) >= 11 is 0. The molecule has 3 aromatic carbocycles. The molecular weight excluding hydrogens is 458 g/mol. The van der Waals surface area contributed by atoms with Gasteiger partial charge in [-0.25, -0.2) is 9.59 Å². The first-order chi connectivity index (χ1) is 17.5. The summed E-state index contributed by atoms with van der Waals surface area (Å²) in [6.45, 7) is 2.99. The van der Waals surface area contributed by atoms with Crippen LogP contribution in [0.1, 0.15) is 32.6 Å². The van der Waals surface area contributed by atoms with Gasteiger partial charge in [-0.15, -0.1) is 0 Å². The zero-order valence-corrected chi connectivity index (χ0v) is 19.9. The first kappa shape index (κ1) is 23.4. The smallest absolute Gasteiger partial charge is 0.338 e. The summed E-state index contributed by atoms with van der Waals surface area (Å²) in [5.74, 6) is -0.184. The minimum atomic E-state index is -0.548. The maximum Gasteiger partial charge on any atom is 0.338 e. The van der Waals surface area contributed by atoms with Crippen LogP contribution in [0.5, 0.6) is 5.75 Å². The van der Waals surface area contributed by atoms with E-state index in [1.807, 2.05) is 37.3 Å². The molecule has 182 valence electrons. The van der Waals surface area contributed by atoms with Crippen molar-refractivity contribution in [3.8, 4) is 5.75 Å². The predicted octanol–water partition coefficient (Wildman–Crippen LogP) is 4.42. The van der Waals surface area contributed by atoms with Gasteiger partial charge in [-0.2, -0.15) is 0 Å². The van der Waals surface area contributed by atoms with E-state index < -0.39 is 11.6 Å². The van der Waals surface area contributed by atoms with Gasteiger partial charge in [-0.1, -0.05) is 36.4 Å². The van der Waals surface area contributed by atoms with Crippen LogP contribution in [-0.2, 0) is 29.1 Å². The molecule has 0 saturated heterocycles. The third-order valence-electron chi connectivity index (χ3n) is 6.33. The van der Waals surface area contributed by atoms with Crippen molar-refractivity contribution >= 4 is 22.8 Å². The van der Waals surface area contributed by atoms with Crippen molar-refractivity contribution in [2.24, 2.45) is 0 Å². The van der Waals surface area contributed by atoms with Gasteiger partial charge in [0.2, 0.25) is 0 Å². The molecule has 36 heavy (non-hydrogen) atoms. The first-order valence-corrected chi connectivity index (χ1v) is 11.7. The van der Waals surface area contributed by atoms with E-state index in [4.69, 9.17) is 13.9 Å². The molecule has 2 heterocycles. The quantitative estimate of drug-likeness (QED) is 0.298. The molecule has 0 aliphatic carbocycles. The lowest BCUT2D eigenvalue weighted by molar-refractivity contribution is -0.135. The third kappa shape index (κ3) is 5.15. The number of fused-ring (bicyclic) bond motifs is 2. The monoisotopic (exact) mass is 483 g/mol. The molecule has 0 N–H and O–H groups in total. The fourth-order valence-electron chi connectivity index (χ4n) is 4.31. The number of carbonyl (C=O) groups is 2. The van der Waals surface area contributed by atoms with Crippen LogP contribution >= 0.6 is 0 Å². The van der Waals surface area contributed by atoms with E-state index in [9.17, 15) is 14.4 Å². The normalized spacial score (nSPS) is 12.8. The Morgan fingerprint density at radius 2 is 1.75 bits per heavy atom. The summed E-state index contributed by atoms with van der Waals surface area (Å²) in [7, 11) is 0. The van der Waals surface area contributed by atoms with Crippen molar-refractivity contribution in [1.82, 2.24) is 4.90 Å². The number of ether oxygens (including phenoxy) is 2. The zero-order chi connectivity index (χ0) is 25.1. The summed E-state index contributed by atoms with van der Waals surface area (Å²) in [4.78, 5) is 38.3. The van der Waals surface area contributed by atoms with Crippen molar-refractivity contribution in [3.63, 3.8) is 0 Å². The Bertz CT molecular complexity index is 1490. The molecule has 1 aliphatic heterocycles. The van der Waals surface area contributed by atoms with Crippen molar-refractivity contribution in [2.45, 2.75) is 26.5 Å². The fourth-order valence-corrected chi connectivity index (χ4v) is 4.31. The number of aryl methyl sites for hydroxylation is 1. The molecule has 1 aromatic heterocycles. The molecule has 7 heteroatoms. The highest BCUT2D eigenvalue weighted by atomic mass is 16.5. The molecule has 0 atom stereocenters. The van der Waals surface area contributed by atoms with Crippen molar-refractivity contribution in [3.05, 3.63) is 111 Å². The van der Waals surface area contributed by atoms with Crippen LogP contribution in [0.3, 0.4) is 0 Å². The lowest BCUT2D eigenvalue weighted by Crippen LogP contribution is -2.38. The highest BCUT2D eigenvalue weighted by Gasteiger charge is 2.21. The zero-order valence-electron chi connectivity index (χ0n) is 19.9. The van der Waals surface area contributed by atoms with Crippen molar-refractivity contribution in [1.29, 1.82) is 0 Å². The number of hydrogen-bond acceptors (Lipinski definition) is 6. The molecule has 0 saturated carbocycles. The fraction of sp³-hybridized carbons (Fsp3) is 0.207. The second-order valence-corrected chi connectivity index (χ2v) is 8.80. The van der Waals surface area contributed by atoms with Crippen LogP contribution in [0.25, 0.3) is 11.0 Å². The first-order valence-electron chi connectivity index (χ1n) is 11.7. The molecule has 1 amide bonds. The maximum absolute atomic E-state index is 12.5. The number of benzene rings is 3. The van der Waals surface area contributed by atoms with Crippen LogP contribution < -0.4 is 10.4 Å². The number of esters is 1. The van der Waals surface area contributed by atoms with Gasteiger partial charge in [0, 0.05) is 30.6 Å². The Labute approximate surface area is 207 Å². The summed E-state index contributed by atoms with van der Waals surface area (Å²) in [5.41, 5.74) is 4.51. The topological polar surface area (TPSA) is 86.0 Å². The molecule has 0 unspecified atom stereocenters. The van der Waals surface area contributed by atoms with E-state index in [1.165, 1.54) is 11.6 Å². The average Bonchev–Trinajstić information content (AvgIpc) is 2.90. The largest absolute Gasteiger partial charge is 0.489 e. The number of hydrogen-bond donors (Lipinski definition) is 0. The molecule has 0 radical (unpaired) electrons. The maximum atomic E-state index is 12.5. The van der Waals surface area contributed by atoms with E-state index in [1.54, 1.807) is 35.2 Å². The van der Waals surface area contributed by atoms with E-state index >= 15 is 0 Å². The van der Waals surface area contributed by atoms with Gasteiger partial charge >= 0.3 is 11.6 Å². The number of nitrogens with zero attached hydrogens (tertiary/aromatic N) is 1. The molecule has 1 aliphatic rings. The molecule has 0 bridgehead atoms. The molecule has 7 nitrogen and oxygen atoms in total. The molecule has 5 rings (SSSR count). The van der Waals surface area contributed by atoms with Gasteiger partial charge in [0.05, 0.1) is 5.56 Å². The van der Waals surface area contributed by atoms with Crippen LogP contribution in [0.2, 0.25) is 0 Å². The van der Waals surface area contributed by atoms with Gasteiger partial charge < -0.3 is 18.8 Å². The second kappa shape index (κ2) is 10.1. The molecular formula is C29H25NO6. The summed E-state index contributed by atoms with van der Waals surface area (Å²) < 4.78 is 16.3. The van der Waals surface area contributed by atoms with Crippen LogP contribution in [0, 0.1) is 6.92 Å². The standard InChI is InChI=1S/C29H25NO6/c1-19-14-28(32)36-26-15-24(10-11-25(19)26)34-17-20-6-8-22(9-7-20)29(33)35-18-27(31)30-13-12-21-4-2-3-5-23(21)16-30/h2-11,14-15H,12-13,16-18H2,1H3. The highest BCUT2D eigenvalue weighted by molar-refractivity contribution is 5.91. The Balaban J connectivity index is 1.14. The SMILES string of the molecule is Cc1cc(=O)oc2cc(OCc3ccc(C(=O)OCC(=O)N4CCc5ccccc5C4)cc3)ccc12. The Kier molecular flexibility index (Phi) is 6.54.